The van der Waals surface area contributed by atoms with Gasteiger partial charge in [-0.15, -0.1) is 11.8 Å². The second-order valence-corrected chi connectivity index (χ2v) is 13.8. The number of hydrogen-bond donors (Lipinski definition) is 1. The van der Waals surface area contributed by atoms with E-state index in [0.29, 0.717) is 13.2 Å². The van der Waals surface area contributed by atoms with Gasteiger partial charge in [0.05, 0.1) is 35.9 Å². The van der Waals surface area contributed by atoms with Gasteiger partial charge < -0.3 is 14.5 Å². The maximum absolute atomic E-state index is 12.8. The summed E-state index contributed by atoms with van der Waals surface area (Å²) in [6.45, 7) is 9.88. The Labute approximate surface area is 279 Å². The van der Waals surface area contributed by atoms with Gasteiger partial charge in [-0.2, -0.15) is 20.1 Å². The van der Waals surface area contributed by atoms with Crippen LogP contribution >= 0.6 is 11.8 Å². The van der Waals surface area contributed by atoms with E-state index in [1.807, 2.05) is 36.9 Å². The molecule has 2 fully saturated rings. The van der Waals surface area contributed by atoms with Crippen LogP contribution in [-0.2, 0) is 11.4 Å². The molecule has 0 amide bonds. The molecule has 12 heteroatoms. The molecule has 11 nitrogen and oxygen atoms in total. The Hall–Kier alpha value is -4.55. The summed E-state index contributed by atoms with van der Waals surface area (Å²) in [7, 11) is 0. The molecule has 3 atom stereocenters. The zero-order valence-electron chi connectivity index (χ0n) is 26.9. The van der Waals surface area contributed by atoms with Crippen molar-refractivity contribution in [1.82, 2.24) is 34.7 Å². The van der Waals surface area contributed by atoms with Crippen molar-refractivity contribution >= 4 is 23.1 Å². The van der Waals surface area contributed by atoms with Crippen molar-refractivity contribution in [3.63, 3.8) is 0 Å². The number of nitrogens with one attached hydrogen (secondary N) is 1. The minimum atomic E-state index is -0.306. The Kier molecular flexibility index (Phi) is 9.03. The Morgan fingerprint density at radius 2 is 1.49 bits per heavy atom. The summed E-state index contributed by atoms with van der Waals surface area (Å²) >= 11 is 1.89. The van der Waals surface area contributed by atoms with E-state index in [1.54, 1.807) is 32.8 Å². The van der Waals surface area contributed by atoms with Crippen LogP contribution in [0.2, 0.25) is 0 Å². The van der Waals surface area contributed by atoms with E-state index in [1.165, 1.54) is 11.3 Å². The molecule has 2 saturated heterocycles. The fourth-order valence-electron chi connectivity index (χ4n) is 6.28. The highest BCUT2D eigenvalue weighted by atomic mass is 32.2. The second-order valence-electron chi connectivity index (χ2n) is 12.2. The number of anilines is 2. The predicted octanol–water partition coefficient (Wildman–Crippen LogP) is 4.56. The number of benzene rings is 3. The van der Waals surface area contributed by atoms with E-state index in [4.69, 9.17) is 4.74 Å². The largest absolute Gasteiger partial charge is 0.492 e. The van der Waals surface area contributed by atoms with Gasteiger partial charge in [0, 0.05) is 44.1 Å². The first-order valence-corrected chi connectivity index (χ1v) is 17.2. The molecule has 2 aliphatic rings. The lowest BCUT2D eigenvalue weighted by Gasteiger charge is -2.37. The molecule has 0 radical (unpaired) electrons. The van der Waals surface area contributed by atoms with Crippen molar-refractivity contribution in [1.29, 1.82) is 0 Å². The van der Waals surface area contributed by atoms with E-state index in [-0.39, 0.29) is 21.9 Å². The lowest BCUT2D eigenvalue weighted by atomic mass is 10.1. The van der Waals surface area contributed by atoms with Crippen LogP contribution < -0.4 is 25.5 Å². The Morgan fingerprint density at radius 3 is 2.13 bits per heavy atom. The Balaban J connectivity index is 0.913. The number of ether oxygens (including phenoxy) is 1. The first-order chi connectivity index (χ1) is 23.0. The third-order valence-corrected chi connectivity index (χ3v) is 10.7. The van der Waals surface area contributed by atoms with E-state index < -0.39 is 0 Å². The lowest BCUT2D eigenvalue weighted by molar-refractivity contribution is 0.314. The predicted molar refractivity (Wildman–Crippen MR) is 187 cm³/mol. The number of rotatable bonds is 11. The average molecular weight is 652 g/mol. The second kappa shape index (κ2) is 13.7. The molecule has 0 aliphatic carbocycles. The minimum Gasteiger partial charge on any atom is -0.492 e. The molecular formula is C35H41N9O2S. The van der Waals surface area contributed by atoms with E-state index in [2.05, 4.69) is 98.0 Å². The van der Waals surface area contributed by atoms with Crippen LogP contribution in [0.15, 0.2) is 102 Å². The summed E-state index contributed by atoms with van der Waals surface area (Å²) in [5, 5.41) is 17.1. The summed E-state index contributed by atoms with van der Waals surface area (Å²) in [6, 6.07) is 27.3. The van der Waals surface area contributed by atoms with Gasteiger partial charge >= 0.3 is 5.69 Å². The van der Waals surface area contributed by atoms with Crippen LogP contribution in [0.25, 0.3) is 5.69 Å². The maximum atomic E-state index is 12.8. The molecule has 0 spiro atoms. The molecule has 4 heterocycles. The normalized spacial score (nSPS) is 20.4. The van der Waals surface area contributed by atoms with Crippen molar-refractivity contribution in [2.45, 2.75) is 43.0 Å². The standard InChI is InChI=1S/C35H41N9O2S/c1-3-27(2)44-34(45)42(26-39-44)31-11-9-29(10-12-31)40-19-21-41(22-20-40)30-13-15-32(16-14-30)46-24-33-23-36-35(47-33,25-43-37-17-18-38-43)28-7-5-4-6-8-28/h4-18,26-27,33,36H,3,19-25H2,1-2H3/t27?,33-,35+/m0/s1. The van der Waals surface area contributed by atoms with Gasteiger partial charge in [0.2, 0.25) is 0 Å². The molecule has 47 heavy (non-hydrogen) atoms. The third kappa shape index (κ3) is 6.66. The number of aromatic nitrogens is 6. The number of thioether (sulfide) groups is 1. The van der Waals surface area contributed by atoms with E-state index in [0.717, 1.165) is 56.3 Å². The Morgan fingerprint density at radius 1 is 0.872 bits per heavy atom. The summed E-state index contributed by atoms with van der Waals surface area (Å²) in [4.78, 5) is 19.1. The monoisotopic (exact) mass is 651 g/mol. The van der Waals surface area contributed by atoms with Crippen LogP contribution in [0.3, 0.4) is 0 Å². The zero-order valence-corrected chi connectivity index (χ0v) is 27.7. The molecule has 244 valence electrons. The van der Waals surface area contributed by atoms with Gasteiger partial charge in [-0.05, 0) is 67.4 Å². The van der Waals surface area contributed by atoms with Crippen molar-refractivity contribution in [3.05, 3.63) is 114 Å². The maximum Gasteiger partial charge on any atom is 0.350 e. The van der Waals surface area contributed by atoms with Crippen molar-refractivity contribution in [3.8, 4) is 11.4 Å². The highest BCUT2D eigenvalue weighted by Gasteiger charge is 2.42. The van der Waals surface area contributed by atoms with Crippen LogP contribution in [0.5, 0.6) is 5.75 Å². The van der Waals surface area contributed by atoms with Gasteiger partial charge in [-0.3, -0.25) is 5.32 Å². The van der Waals surface area contributed by atoms with Gasteiger partial charge in [0.1, 0.15) is 23.6 Å². The van der Waals surface area contributed by atoms with Gasteiger partial charge in [0.15, 0.2) is 0 Å². The molecule has 2 aliphatic heterocycles. The SMILES string of the molecule is CCC(C)n1ncn(-c2ccc(N3CCN(c4ccc(OC[C@@H]5CN[C@@](Cn6nccn6)(c6ccccc6)S5)cc4)CC3)cc2)c1=O. The molecule has 0 saturated carbocycles. The first kappa shape index (κ1) is 31.1. The van der Waals surface area contributed by atoms with Crippen molar-refractivity contribution in [2.24, 2.45) is 0 Å². The van der Waals surface area contributed by atoms with Gasteiger partial charge in [-0.1, -0.05) is 37.3 Å². The number of nitrogens with zero attached hydrogens (tertiary/aromatic N) is 8. The quantitative estimate of drug-likeness (QED) is 0.221. The van der Waals surface area contributed by atoms with Crippen LogP contribution in [0.1, 0.15) is 31.9 Å². The smallest absolute Gasteiger partial charge is 0.350 e. The van der Waals surface area contributed by atoms with Crippen LogP contribution in [-0.4, -0.2) is 73.9 Å². The van der Waals surface area contributed by atoms with Crippen molar-refractivity contribution in [2.75, 3.05) is 49.1 Å². The molecule has 0 bridgehead atoms. The summed E-state index contributed by atoms with van der Waals surface area (Å²) < 4.78 is 9.45. The number of piperazine rings is 1. The van der Waals surface area contributed by atoms with E-state index >= 15 is 0 Å². The summed E-state index contributed by atoms with van der Waals surface area (Å²) in [5.41, 5.74) is 4.32. The van der Waals surface area contributed by atoms with Crippen molar-refractivity contribution < 1.29 is 4.74 Å². The summed E-state index contributed by atoms with van der Waals surface area (Å²) in [6.07, 6.45) is 5.92. The Bertz CT molecular complexity index is 1780. The summed E-state index contributed by atoms with van der Waals surface area (Å²) in [5.74, 6) is 0.882. The van der Waals surface area contributed by atoms with Crippen LogP contribution in [0, 0.1) is 0 Å². The highest BCUT2D eigenvalue weighted by Crippen LogP contribution is 2.42. The molecule has 5 aromatic rings. The molecule has 1 N–H and O–H groups in total. The average Bonchev–Trinajstić information content (AvgIpc) is 3.89. The molecule has 1 unspecified atom stereocenters. The zero-order chi connectivity index (χ0) is 32.2. The topological polar surface area (TPSA) is 98.3 Å². The fourth-order valence-corrected chi connectivity index (χ4v) is 7.78. The highest BCUT2D eigenvalue weighted by molar-refractivity contribution is 8.01. The van der Waals surface area contributed by atoms with Gasteiger partial charge in [0.25, 0.3) is 0 Å². The third-order valence-electron chi connectivity index (χ3n) is 9.17. The molecule has 2 aromatic heterocycles. The number of hydrogen-bond acceptors (Lipinski definition) is 9. The van der Waals surface area contributed by atoms with Crippen LogP contribution in [0.4, 0.5) is 11.4 Å². The van der Waals surface area contributed by atoms with Gasteiger partial charge in [-0.25, -0.2) is 14.0 Å². The molecule has 3 aromatic carbocycles. The minimum absolute atomic E-state index is 0.0785. The fraction of sp³-hybridized carbons (Fsp3) is 0.371. The lowest BCUT2D eigenvalue weighted by Crippen LogP contribution is -2.46. The van der Waals surface area contributed by atoms with E-state index in [9.17, 15) is 4.79 Å². The first-order valence-electron chi connectivity index (χ1n) is 16.3. The molecule has 7 rings (SSSR count). The molecular weight excluding hydrogens is 611 g/mol.